The number of benzene rings is 2. The molecule has 5 nitrogen and oxygen atoms in total. The summed E-state index contributed by atoms with van der Waals surface area (Å²) in [7, 11) is -3.89. The van der Waals surface area contributed by atoms with E-state index in [-0.39, 0.29) is 20.5 Å². The Morgan fingerprint density at radius 1 is 1.04 bits per heavy atom. The largest absolute Gasteiger partial charge is 0.322 e. The maximum atomic E-state index is 12.5. The predicted octanol–water partition coefficient (Wildman–Crippen LogP) is 3.94. The van der Waals surface area contributed by atoms with Crippen LogP contribution in [-0.2, 0) is 10.0 Å². The summed E-state index contributed by atoms with van der Waals surface area (Å²) in [6, 6.07) is 10.7. The lowest BCUT2D eigenvalue weighted by atomic mass is 10.1. The van der Waals surface area contributed by atoms with Crippen molar-refractivity contribution in [2.24, 2.45) is 0 Å². The van der Waals surface area contributed by atoms with Gasteiger partial charge in [0.05, 0.1) is 5.02 Å². The van der Waals surface area contributed by atoms with Crippen molar-refractivity contribution < 1.29 is 8.42 Å². The summed E-state index contributed by atoms with van der Waals surface area (Å²) in [5, 5.41) is 1.06. The number of hydrogen-bond acceptors (Lipinski definition) is 3. The molecule has 0 aliphatic heterocycles. The highest BCUT2D eigenvalue weighted by Gasteiger charge is 2.18. The zero-order valence-corrected chi connectivity index (χ0v) is 14.8. The van der Waals surface area contributed by atoms with Crippen molar-refractivity contribution in [2.45, 2.75) is 11.8 Å². The van der Waals surface area contributed by atoms with Gasteiger partial charge in [0.25, 0.3) is 15.6 Å². The van der Waals surface area contributed by atoms with Gasteiger partial charge in [-0.05, 0) is 49.4 Å². The molecule has 3 aromatic rings. The molecule has 0 fully saturated rings. The third-order valence-corrected chi connectivity index (χ3v) is 5.56. The molecule has 24 heavy (non-hydrogen) atoms. The van der Waals surface area contributed by atoms with E-state index in [4.69, 9.17) is 23.2 Å². The second-order valence-corrected chi connectivity index (χ2v) is 7.76. The van der Waals surface area contributed by atoms with Gasteiger partial charge in [-0.3, -0.25) is 9.52 Å². The van der Waals surface area contributed by atoms with Crippen LogP contribution in [0.1, 0.15) is 5.56 Å². The van der Waals surface area contributed by atoms with Crippen LogP contribution in [-0.4, -0.2) is 13.4 Å². The number of anilines is 1. The Bertz CT molecular complexity index is 1110. The molecule has 2 N–H and O–H groups in total. The first-order valence-corrected chi connectivity index (χ1v) is 9.12. The van der Waals surface area contributed by atoms with E-state index < -0.39 is 10.0 Å². The second-order valence-electron chi connectivity index (χ2n) is 5.26. The molecule has 2 aromatic carbocycles. The molecule has 0 amide bonds. The summed E-state index contributed by atoms with van der Waals surface area (Å²) in [5.74, 6) is 0. The van der Waals surface area contributed by atoms with Crippen molar-refractivity contribution >= 4 is 49.8 Å². The molecule has 0 saturated carbocycles. The Balaban J connectivity index is 2.04. The third-order valence-electron chi connectivity index (χ3n) is 3.46. The molecule has 0 radical (unpaired) electrons. The fraction of sp³-hybridized carbons (Fsp3) is 0.0625. The van der Waals surface area contributed by atoms with Crippen LogP contribution in [0.15, 0.2) is 52.2 Å². The number of sulfonamides is 1. The van der Waals surface area contributed by atoms with Crippen LogP contribution in [0.2, 0.25) is 10.0 Å². The number of aromatic amines is 1. The summed E-state index contributed by atoms with van der Waals surface area (Å²) in [5.41, 5.74) is 1.33. The number of H-pyrrole nitrogens is 1. The van der Waals surface area contributed by atoms with E-state index in [2.05, 4.69) is 9.71 Å². The van der Waals surface area contributed by atoms with Crippen molar-refractivity contribution in [3.63, 3.8) is 0 Å². The van der Waals surface area contributed by atoms with Crippen molar-refractivity contribution in [3.05, 3.63) is 68.4 Å². The molecular formula is C16H12Cl2N2O3S. The number of halogens is 2. The lowest BCUT2D eigenvalue weighted by Gasteiger charge is -2.11. The summed E-state index contributed by atoms with van der Waals surface area (Å²) >= 11 is 11.8. The fourth-order valence-electron chi connectivity index (χ4n) is 2.27. The second kappa shape index (κ2) is 6.12. The Kier molecular flexibility index (Phi) is 4.29. The Hall–Kier alpha value is -2.02. The fourth-order valence-corrected chi connectivity index (χ4v) is 4.09. The highest BCUT2D eigenvalue weighted by atomic mass is 35.5. The zero-order chi connectivity index (χ0) is 17.5. The molecule has 0 aliphatic carbocycles. The average molecular weight is 383 g/mol. The molecule has 1 aromatic heterocycles. The van der Waals surface area contributed by atoms with E-state index in [1.165, 1.54) is 18.2 Å². The van der Waals surface area contributed by atoms with Crippen molar-refractivity contribution in [1.29, 1.82) is 0 Å². The highest BCUT2D eigenvalue weighted by molar-refractivity contribution is 7.92. The number of rotatable bonds is 3. The van der Waals surface area contributed by atoms with E-state index in [9.17, 15) is 13.2 Å². The molecular weight excluding hydrogens is 371 g/mol. The lowest BCUT2D eigenvalue weighted by Crippen LogP contribution is -2.14. The van der Waals surface area contributed by atoms with Crippen molar-refractivity contribution in [2.75, 3.05) is 4.72 Å². The predicted molar refractivity (Wildman–Crippen MR) is 96.6 cm³/mol. The van der Waals surface area contributed by atoms with Gasteiger partial charge >= 0.3 is 0 Å². The minimum atomic E-state index is -3.89. The molecule has 124 valence electrons. The normalized spacial score (nSPS) is 11.6. The molecule has 0 unspecified atom stereocenters. The quantitative estimate of drug-likeness (QED) is 0.719. The molecule has 0 bridgehead atoms. The smallest absolute Gasteiger partial charge is 0.263 e. The van der Waals surface area contributed by atoms with E-state index >= 15 is 0 Å². The zero-order valence-electron chi connectivity index (χ0n) is 12.4. The van der Waals surface area contributed by atoms with Crippen LogP contribution in [0.25, 0.3) is 10.9 Å². The average Bonchev–Trinajstić information content (AvgIpc) is 2.50. The molecule has 3 rings (SSSR count). The molecule has 0 aliphatic rings. The first-order valence-electron chi connectivity index (χ1n) is 6.88. The van der Waals surface area contributed by atoms with Crippen LogP contribution < -0.4 is 10.3 Å². The van der Waals surface area contributed by atoms with Crippen LogP contribution >= 0.6 is 23.2 Å². The first kappa shape index (κ1) is 16.8. The summed E-state index contributed by atoms with van der Waals surface area (Å²) in [6.07, 6.45) is 0. The maximum absolute atomic E-state index is 12.5. The van der Waals surface area contributed by atoms with E-state index in [1.54, 1.807) is 31.2 Å². The van der Waals surface area contributed by atoms with E-state index in [0.717, 1.165) is 0 Å². The van der Waals surface area contributed by atoms with Crippen LogP contribution in [0.4, 0.5) is 5.69 Å². The first-order chi connectivity index (χ1) is 11.3. The molecule has 8 heteroatoms. The van der Waals surface area contributed by atoms with Gasteiger partial charge in [-0.15, -0.1) is 0 Å². The number of hydrogen-bond donors (Lipinski definition) is 2. The van der Waals surface area contributed by atoms with Gasteiger partial charge < -0.3 is 4.98 Å². The van der Waals surface area contributed by atoms with Gasteiger partial charge in [0.1, 0.15) is 4.90 Å². The van der Waals surface area contributed by atoms with Gasteiger partial charge in [0.2, 0.25) is 0 Å². The minimum Gasteiger partial charge on any atom is -0.322 e. The van der Waals surface area contributed by atoms with Gasteiger partial charge in [-0.2, -0.15) is 0 Å². The molecule has 1 heterocycles. The molecule has 0 atom stereocenters. The number of nitrogens with one attached hydrogen (secondary N) is 2. The number of pyridine rings is 1. The topological polar surface area (TPSA) is 79.0 Å². The SMILES string of the molecule is Cc1cc2cc(NS(=O)(=O)c3cc(Cl)ccc3Cl)ccc2[nH]c1=O. The number of fused-ring (bicyclic) bond motifs is 1. The Morgan fingerprint density at radius 3 is 2.54 bits per heavy atom. The minimum absolute atomic E-state index is 0.0767. The highest BCUT2D eigenvalue weighted by Crippen LogP contribution is 2.27. The van der Waals surface area contributed by atoms with Crippen molar-refractivity contribution in [1.82, 2.24) is 4.98 Å². The van der Waals surface area contributed by atoms with Gasteiger partial charge in [-0.1, -0.05) is 23.2 Å². The van der Waals surface area contributed by atoms with Crippen molar-refractivity contribution in [3.8, 4) is 0 Å². The van der Waals surface area contributed by atoms with E-state index in [1.807, 2.05) is 0 Å². The maximum Gasteiger partial charge on any atom is 0.263 e. The van der Waals surface area contributed by atoms with Crippen LogP contribution in [0.5, 0.6) is 0 Å². The summed E-state index contributed by atoms with van der Waals surface area (Å²) in [6.45, 7) is 1.68. The molecule has 0 spiro atoms. The van der Waals surface area contributed by atoms with Crippen LogP contribution in [0.3, 0.4) is 0 Å². The Labute approximate surface area is 148 Å². The Morgan fingerprint density at radius 2 is 1.79 bits per heavy atom. The molecule has 0 saturated heterocycles. The standard InChI is InChI=1S/C16H12Cl2N2O3S/c1-9-6-10-7-12(3-5-14(10)19-16(9)21)20-24(22,23)15-8-11(17)2-4-13(15)18/h2-8,20H,1H3,(H,19,21). The number of aromatic nitrogens is 1. The van der Waals surface area contributed by atoms with Gasteiger partial charge in [-0.25, -0.2) is 8.42 Å². The lowest BCUT2D eigenvalue weighted by molar-refractivity contribution is 0.601. The van der Waals surface area contributed by atoms with Gasteiger partial charge in [0.15, 0.2) is 0 Å². The van der Waals surface area contributed by atoms with E-state index in [0.29, 0.717) is 22.2 Å². The van der Waals surface area contributed by atoms with Gasteiger partial charge in [0, 0.05) is 27.2 Å². The summed E-state index contributed by atoms with van der Waals surface area (Å²) in [4.78, 5) is 14.2. The van der Waals surface area contributed by atoms with Crippen LogP contribution in [0, 0.1) is 6.92 Å². The monoisotopic (exact) mass is 382 g/mol. The number of aryl methyl sites for hydroxylation is 1. The summed E-state index contributed by atoms with van der Waals surface area (Å²) < 4.78 is 27.5. The third kappa shape index (κ3) is 3.26.